The first-order valence-electron chi connectivity index (χ1n) is 15.2. The van der Waals surface area contributed by atoms with Crippen LogP contribution in [0.15, 0.2) is 42.5 Å². The van der Waals surface area contributed by atoms with Gasteiger partial charge in [-0.05, 0) is 71.3 Å². The molecule has 1 saturated heterocycles. The quantitative estimate of drug-likeness (QED) is 0.432. The monoisotopic (exact) mass is 614 g/mol. The average molecular weight is 615 g/mol. The summed E-state index contributed by atoms with van der Waals surface area (Å²) in [5.41, 5.74) is -1.19. The van der Waals surface area contributed by atoms with Crippen LogP contribution in [0.2, 0.25) is 0 Å². The van der Waals surface area contributed by atoms with Crippen LogP contribution in [-0.2, 0) is 29.1 Å². The zero-order chi connectivity index (χ0) is 31.0. The van der Waals surface area contributed by atoms with Gasteiger partial charge in [0.2, 0.25) is 21.8 Å². The van der Waals surface area contributed by atoms with Crippen molar-refractivity contribution in [1.82, 2.24) is 20.3 Å². The molecule has 4 aliphatic rings. The van der Waals surface area contributed by atoms with Crippen molar-refractivity contribution in [3.8, 4) is 0 Å². The number of carbonyl (C=O) groups is 4. The Morgan fingerprint density at radius 2 is 1.79 bits per heavy atom. The van der Waals surface area contributed by atoms with Crippen LogP contribution in [-0.4, -0.2) is 72.2 Å². The Labute approximate surface area is 253 Å². The van der Waals surface area contributed by atoms with E-state index in [4.69, 9.17) is 4.74 Å². The van der Waals surface area contributed by atoms with Gasteiger partial charge in [0.1, 0.15) is 23.2 Å². The van der Waals surface area contributed by atoms with Crippen molar-refractivity contribution in [2.24, 2.45) is 5.92 Å². The van der Waals surface area contributed by atoms with Crippen molar-refractivity contribution < 1.29 is 32.3 Å². The molecule has 2 heterocycles. The number of nitrogens with one attached hydrogen (secondary N) is 3. The minimum atomic E-state index is -3.82. The molecule has 5 rings (SSSR count). The van der Waals surface area contributed by atoms with Gasteiger partial charge in [-0.25, -0.2) is 13.2 Å². The largest absolute Gasteiger partial charge is 0.444 e. The number of carbonyl (C=O) groups excluding carboxylic acids is 4. The third-order valence-corrected chi connectivity index (χ3v) is 10.4. The SMILES string of the molecule is CC(C)(C)OC(=O)N[C@H]1CCCC/C=C/[C@@H]2C[C@]2(C(=O)NS(=O)(=O)C2CC2)NC(=O)[C@@H]2C[C@@H](c3ccccc3)CN2C1=O. The molecule has 4 amide bonds. The highest BCUT2D eigenvalue weighted by atomic mass is 32.2. The Morgan fingerprint density at radius 3 is 2.47 bits per heavy atom. The third-order valence-electron chi connectivity index (χ3n) is 8.59. The summed E-state index contributed by atoms with van der Waals surface area (Å²) in [6, 6.07) is 7.78. The van der Waals surface area contributed by atoms with Gasteiger partial charge in [0, 0.05) is 18.4 Å². The molecule has 5 atom stereocenters. The average Bonchev–Trinajstić information content (AvgIpc) is 3.85. The van der Waals surface area contributed by atoms with E-state index in [0.29, 0.717) is 38.5 Å². The normalized spacial score (nSPS) is 30.6. The molecule has 43 heavy (non-hydrogen) atoms. The molecule has 3 fully saturated rings. The van der Waals surface area contributed by atoms with Crippen LogP contribution >= 0.6 is 0 Å². The number of rotatable bonds is 5. The van der Waals surface area contributed by atoms with E-state index in [2.05, 4.69) is 15.4 Å². The van der Waals surface area contributed by atoms with Crippen molar-refractivity contribution in [3.63, 3.8) is 0 Å². The second-order valence-corrected chi connectivity index (χ2v) is 15.2. The van der Waals surface area contributed by atoms with Crippen molar-refractivity contribution in [3.05, 3.63) is 48.0 Å². The lowest BCUT2D eigenvalue weighted by Gasteiger charge is -2.30. The first kappa shape index (κ1) is 31.0. The van der Waals surface area contributed by atoms with Crippen LogP contribution in [0, 0.1) is 5.92 Å². The second-order valence-electron chi connectivity index (χ2n) is 13.2. The standard InChI is InChI=1S/C31H42N4O7S/c1-30(2,3)42-29(39)32-24-14-10-5-4-9-13-22-18-31(22,28(38)34-43(40,41)23-15-16-23)33-26(36)25-17-21(19-35(25)27(24)37)20-11-7-6-8-12-20/h6-9,11-13,21-25H,4-5,10,14-19H2,1-3H3,(H,32,39)(H,33,36)(H,34,38)/b13-9+/t21-,22-,24+,25+,31+/m1/s1. The van der Waals surface area contributed by atoms with Crippen LogP contribution < -0.4 is 15.4 Å². The van der Waals surface area contributed by atoms with Gasteiger partial charge >= 0.3 is 6.09 Å². The number of amides is 4. The lowest BCUT2D eigenvalue weighted by atomic mass is 9.96. The summed E-state index contributed by atoms with van der Waals surface area (Å²) in [6.45, 7) is 5.48. The van der Waals surface area contributed by atoms with Gasteiger partial charge in [0.05, 0.1) is 5.25 Å². The summed E-state index contributed by atoms with van der Waals surface area (Å²) in [4.78, 5) is 55.8. The van der Waals surface area contributed by atoms with E-state index >= 15 is 0 Å². The van der Waals surface area contributed by atoms with Crippen LogP contribution in [0.5, 0.6) is 0 Å². The maximum absolute atomic E-state index is 14.1. The lowest BCUT2D eigenvalue weighted by molar-refractivity contribution is -0.141. The summed E-state index contributed by atoms with van der Waals surface area (Å²) in [5, 5.41) is 5.04. The molecule has 0 spiro atoms. The molecule has 2 aliphatic carbocycles. The minimum Gasteiger partial charge on any atom is -0.444 e. The molecule has 1 aromatic carbocycles. The minimum absolute atomic E-state index is 0.145. The first-order valence-corrected chi connectivity index (χ1v) is 16.7. The van der Waals surface area contributed by atoms with Gasteiger partial charge in [0.25, 0.3) is 5.91 Å². The number of ether oxygens (including phenoxy) is 1. The molecule has 0 bridgehead atoms. The molecule has 234 valence electrons. The molecular weight excluding hydrogens is 572 g/mol. The van der Waals surface area contributed by atoms with Gasteiger partial charge in [-0.2, -0.15) is 0 Å². The smallest absolute Gasteiger partial charge is 0.408 e. The topological polar surface area (TPSA) is 151 Å². The predicted molar refractivity (Wildman–Crippen MR) is 159 cm³/mol. The fourth-order valence-corrected chi connectivity index (χ4v) is 7.40. The fraction of sp³-hybridized carbons (Fsp3) is 0.613. The van der Waals surface area contributed by atoms with E-state index in [1.54, 1.807) is 20.8 Å². The lowest BCUT2D eigenvalue weighted by Crippen LogP contribution is -2.58. The highest BCUT2D eigenvalue weighted by molar-refractivity contribution is 7.91. The number of benzene rings is 1. The van der Waals surface area contributed by atoms with E-state index in [-0.39, 0.29) is 30.7 Å². The van der Waals surface area contributed by atoms with E-state index in [0.717, 1.165) is 12.0 Å². The van der Waals surface area contributed by atoms with E-state index in [1.807, 2.05) is 42.5 Å². The Balaban J connectivity index is 1.44. The number of fused-ring (bicyclic) bond motifs is 2. The maximum atomic E-state index is 14.1. The highest BCUT2D eigenvalue weighted by Crippen LogP contribution is 2.46. The zero-order valence-corrected chi connectivity index (χ0v) is 25.8. The van der Waals surface area contributed by atoms with Crippen LogP contribution in [0.4, 0.5) is 4.79 Å². The summed E-state index contributed by atoms with van der Waals surface area (Å²) in [5.74, 6) is -2.15. The summed E-state index contributed by atoms with van der Waals surface area (Å²) in [7, 11) is -3.82. The van der Waals surface area contributed by atoms with Crippen molar-refractivity contribution in [1.29, 1.82) is 0 Å². The third kappa shape index (κ3) is 7.22. The van der Waals surface area contributed by atoms with Gasteiger partial charge in [-0.1, -0.05) is 48.9 Å². The number of nitrogens with zero attached hydrogens (tertiary/aromatic N) is 1. The highest BCUT2D eigenvalue weighted by Gasteiger charge is 2.62. The van der Waals surface area contributed by atoms with E-state index < -0.39 is 56.4 Å². The van der Waals surface area contributed by atoms with Gasteiger partial charge in [0.15, 0.2) is 0 Å². The van der Waals surface area contributed by atoms with Crippen molar-refractivity contribution in [2.45, 2.75) is 107 Å². The van der Waals surface area contributed by atoms with Gasteiger partial charge in [-0.15, -0.1) is 0 Å². The van der Waals surface area contributed by atoms with Gasteiger partial charge in [-0.3, -0.25) is 19.1 Å². The summed E-state index contributed by atoms with van der Waals surface area (Å²) in [6.07, 6.45) is 7.11. The molecule has 0 aromatic heterocycles. The zero-order valence-electron chi connectivity index (χ0n) is 25.0. The van der Waals surface area contributed by atoms with Gasteiger partial charge < -0.3 is 20.3 Å². The molecule has 1 aromatic rings. The van der Waals surface area contributed by atoms with Crippen LogP contribution in [0.1, 0.15) is 83.6 Å². The summed E-state index contributed by atoms with van der Waals surface area (Å²) >= 11 is 0. The van der Waals surface area contributed by atoms with E-state index in [1.165, 1.54) is 4.90 Å². The molecule has 12 heteroatoms. The Morgan fingerprint density at radius 1 is 1.07 bits per heavy atom. The van der Waals surface area contributed by atoms with Crippen LogP contribution in [0.25, 0.3) is 0 Å². The van der Waals surface area contributed by atoms with Crippen LogP contribution in [0.3, 0.4) is 0 Å². The molecule has 0 unspecified atom stereocenters. The summed E-state index contributed by atoms with van der Waals surface area (Å²) < 4.78 is 32.9. The second kappa shape index (κ2) is 11.9. The fourth-order valence-electron chi connectivity index (χ4n) is 6.04. The maximum Gasteiger partial charge on any atom is 0.408 e. The number of hydrogen-bond donors (Lipinski definition) is 3. The van der Waals surface area contributed by atoms with E-state index in [9.17, 15) is 27.6 Å². The molecule has 3 N–H and O–H groups in total. The van der Waals surface area contributed by atoms with Crippen molar-refractivity contribution >= 4 is 33.8 Å². The number of hydrogen-bond acceptors (Lipinski definition) is 7. The molecule has 11 nitrogen and oxygen atoms in total. The van der Waals surface area contributed by atoms with Crippen molar-refractivity contribution in [2.75, 3.05) is 6.54 Å². The molecule has 2 aliphatic heterocycles. The molecule has 2 saturated carbocycles. The molecular formula is C31H42N4O7S. The predicted octanol–water partition coefficient (Wildman–Crippen LogP) is 2.88. The number of sulfonamides is 1. The molecule has 0 radical (unpaired) electrons. The Kier molecular flexibility index (Phi) is 8.61. The number of allylic oxidation sites excluding steroid dienone is 1. The number of alkyl carbamates (subject to hydrolysis) is 1. The first-order chi connectivity index (χ1) is 20.3. The Bertz CT molecular complexity index is 1390. The Hall–Kier alpha value is -3.41.